The Bertz CT molecular complexity index is 142. The van der Waals surface area contributed by atoms with Crippen LogP contribution in [0.15, 0.2) is 0 Å². The van der Waals surface area contributed by atoms with E-state index in [1.165, 1.54) is 0 Å². The summed E-state index contributed by atoms with van der Waals surface area (Å²) < 4.78 is 17.3. The van der Waals surface area contributed by atoms with Crippen LogP contribution < -0.4 is 202 Å². The van der Waals surface area contributed by atoms with Crippen molar-refractivity contribution in [1.82, 2.24) is 0 Å². The number of halogens is 1. The zero-order chi connectivity index (χ0) is 9.00. The van der Waals surface area contributed by atoms with Crippen molar-refractivity contribution in [3.05, 3.63) is 0 Å². The number of phosphoric acid groups is 2. The van der Waals surface area contributed by atoms with Crippen molar-refractivity contribution < 1.29 is 221 Å². The third-order valence-electron chi connectivity index (χ3n) is 0. The first-order valence-corrected chi connectivity index (χ1v) is 4.49. The first kappa shape index (κ1) is 49.5. The summed E-state index contributed by atoms with van der Waals surface area (Å²) in [7, 11) is -10.3. The smallest absolute Gasteiger partial charge is 1.00 e. The van der Waals surface area contributed by atoms with Crippen molar-refractivity contribution in [1.29, 1.82) is 0 Å². The van der Waals surface area contributed by atoms with E-state index in [1.54, 1.807) is 0 Å². The van der Waals surface area contributed by atoms with Crippen molar-refractivity contribution in [3.63, 3.8) is 0 Å². The van der Waals surface area contributed by atoms with Crippen molar-refractivity contribution in [2.24, 2.45) is 0 Å². The van der Waals surface area contributed by atoms with Crippen LogP contribution in [0.4, 0.5) is 0 Å². The van der Waals surface area contributed by atoms with E-state index in [4.69, 9.17) is 38.5 Å². The predicted octanol–water partition coefficient (Wildman–Crippen LogP) is -22.4. The van der Waals surface area contributed by atoms with E-state index in [9.17, 15) is 0 Å². The third-order valence-corrected chi connectivity index (χ3v) is 0. The zero-order valence-electron chi connectivity index (χ0n) is 9.62. The Balaban J connectivity index is -0.00000000970. The Hall–Kier alpha value is 6.15. The Morgan fingerprint density at radius 2 is 0.750 bits per heavy atom. The Labute approximate surface area is 230 Å². The SMILES string of the molecule is O=P([O-])(O)O.O=P([O-])([O-])[O-].[Cl-].[K+].[Na+].[Na+].[Na+].[Na+]. The average Bonchev–Trinajstić information content (AvgIpc) is 1.12. The fourth-order valence-corrected chi connectivity index (χ4v) is 0. The van der Waals surface area contributed by atoms with Crippen molar-refractivity contribution in [2.75, 3.05) is 0 Å². The molecule has 0 aliphatic heterocycles. The van der Waals surface area contributed by atoms with Crippen LogP contribution in [0, 0.1) is 0 Å². The Kier molecular flexibility index (Phi) is 80.6. The van der Waals surface area contributed by atoms with E-state index in [0.717, 1.165) is 0 Å². The molecule has 0 unspecified atom stereocenters. The molecule has 0 bridgehead atoms. The Morgan fingerprint density at radius 1 is 0.750 bits per heavy atom. The minimum Gasteiger partial charge on any atom is -1.00 e. The minimum absolute atomic E-state index is 0. The van der Waals surface area contributed by atoms with Gasteiger partial charge in [0.2, 0.25) is 0 Å². The van der Waals surface area contributed by atoms with E-state index in [2.05, 4.69) is 0 Å². The van der Waals surface area contributed by atoms with E-state index in [-0.39, 0.29) is 182 Å². The summed E-state index contributed by atoms with van der Waals surface area (Å²) in [6.45, 7) is 0. The maximum atomic E-state index is 8.77. The van der Waals surface area contributed by atoms with Gasteiger partial charge < -0.3 is 46.3 Å². The molecule has 0 fully saturated rings. The molecular formula is H2ClKNa4O8P2. The van der Waals surface area contributed by atoms with Gasteiger partial charge in [-0.2, -0.15) is 7.82 Å². The van der Waals surface area contributed by atoms with Gasteiger partial charge >= 0.3 is 170 Å². The zero-order valence-corrected chi connectivity index (χ0v) is 23.3. The van der Waals surface area contributed by atoms with Gasteiger partial charge in [0.1, 0.15) is 0 Å². The average molecular weight is 358 g/mol. The monoisotopic (exact) mass is 358 g/mol. The molecule has 0 amide bonds. The molecule has 0 aromatic rings. The van der Waals surface area contributed by atoms with Gasteiger partial charge in [-0.15, -0.1) is 0 Å². The molecular weight excluding hydrogens is 356 g/mol. The Morgan fingerprint density at radius 3 is 0.750 bits per heavy atom. The fourth-order valence-electron chi connectivity index (χ4n) is 0. The summed E-state index contributed by atoms with van der Waals surface area (Å²) in [5, 5.41) is 0. The summed E-state index contributed by atoms with van der Waals surface area (Å²) in [6.07, 6.45) is 0. The van der Waals surface area contributed by atoms with Crippen molar-refractivity contribution in [2.45, 2.75) is 0 Å². The summed E-state index contributed by atoms with van der Waals surface area (Å²) in [6, 6.07) is 0. The van der Waals surface area contributed by atoms with Crippen LogP contribution in [0.25, 0.3) is 0 Å². The van der Waals surface area contributed by atoms with Gasteiger partial charge in [-0.05, 0) is 0 Å². The third kappa shape index (κ3) is 195. The molecule has 0 heterocycles. The second-order valence-corrected chi connectivity index (χ2v) is 2.81. The number of hydrogen-bond acceptors (Lipinski definition) is 6. The van der Waals surface area contributed by atoms with Gasteiger partial charge in [-0.3, -0.25) is 4.57 Å². The van der Waals surface area contributed by atoms with E-state index >= 15 is 0 Å². The molecule has 0 aromatic carbocycles. The van der Waals surface area contributed by atoms with Crippen LogP contribution in [-0.2, 0) is 9.13 Å². The molecule has 0 aliphatic rings. The first-order valence-electron chi connectivity index (χ1n) is 1.50. The van der Waals surface area contributed by atoms with E-state index in [1.807, 2.05) is 0 Å². The molecule has 0 saturated heterocycles. The molecule has 0 rings (SSSR count). The van der Waals surface area contributed by atoms with Gasteiger partial charge in [0.05, 0.1) is 0 Å². The maximum absolute atomic E-state index is 8.77. The van der Waals surface area contributed by atoms with Gasteiger partial charge in [0.25, 0.3) is 7.82 Å². The molecule has 2 N–H and O–H groups in total. The second-order valence-electron chi connectivity index (χ2n) is 0.938. The van der Waals surface area contributed by atoms with Crippen LogP contribution >= 0.6 is 15.6 Å². The van der Waals surface area contributed by atoms with Crippen LogP contribution in [0.2, 0.25) is 0 Å². The normalized spacial score (nSPS) is 7.38. The summed E-state index contributed by atoms with van der Waals surface area (Å²) >= 11 is 0. The van der Waals surface area contributed by atoms with Crippen molar-refractivity contribution in [3.8, 4) is 0 Å². The molecule has 0 radical (unpaired) electrons. The van der Waals surface area contributed by atoms with Gasteiger partial charge in [-0.1, -0.05) is 0 Å². The maximum Gasteiger partial charge on any atom is 1.00 e. The summed E-state index contributed by atoms with van der Waals surface area (Å²) in [5.74, 6) is 0. The van der Waals surface area contributed by atoms with Crippen LogP contribution in [0.1, 0.15) is 0 Å². The molecule has 0 saturated carbocycles. The topological polar surface area (TPSA) is 167 Å². The van der Waals surface area contributed by atoms with Gasteiger partial charge in [-0.25, -0.2) is 0 Å². The molecule has 8 nitrogen and oxygen atoms in total. The molecule has 16 heteroatoms. The molecule has 16 heavy (non-hydrogen) atoms. The molecule has 0 aliphatic carbocycles. The van der Waals surface area contributed by atoms with Crippen molar-refractivity contribution >= 4 is 15.6 Å². The largest absolute Gasteiger partial charge is 1.00 e. The quantitative estimate of drug-likeness (QED) is 0.318. The first-order chi connectivity index (χ1) is 4.00. The minimum atomic E-state index is -5.39. The van der Waals surface area contributed by atoms with Gasteiger partial charge in [0, 0.05) is 0 Å². The summed E-state index contributed by atoms with van der Waals surface area (Å²) in [4.78, 5) is 48.6. The molecule has 0 atom stereocenters. The van der Waals surface area contributed by atoms with E-state index in [0.29, 0.717) is 0 Å². The van der Waals surface area contributed by atoms with Gasteiger partial charge in [0.15, 0.2) is 0 Å². The predicted molar refractivity (Wildman–Crippen MR) is 19.7 cm³/mol. The fraction of sp³-hybridized carbons (Fsp3) is 0. The van der Waals surface area contributed by atoms with E-state index < -0.39 is 15.6 Å². The van der Waals surface area contributed by atoms with Crippen LogP contribution in [-0.4, -0.2) is 9.79 Å². The number of rotatable bonds is 0. The van der Waals surface area contributed by atoms with Crippen LogP contribution in [0.3, 0.4) is 0 Å². The summed E-state index contributed by atoms with van der Waals surface area (Å²) in [5.41, 5.74) is 0. The number of hydrogen-bond donors (Lipinski definition) is 2. The molecule has 0 aromatic heterocycles. The molecule has 72 valence electrons. The molecule has 0 spiro atoms. The second kappa shape index (κ2) is 26.1. The van der Waals surface area contributed by atoms with Crippen LogP contribution in [0.5, 0.6) is 0 Å². The standard InChI is InChI=1S/ClH.K.4Na.2H3O4P/c;;;;;;2*1-5(2,3)4/h1H;;;;;;2*(H3,1,2,3,4)/q;5*+1;;/p-5.